The molecule has 1 aromatic carbocycles. The summed E-state index contributed by atoms with van der Waals surface area (Å²) in [5.74, 6) is 0. The van der Waals surface area contributed by atoms with Crippen LogP contribution in [0.1, 0.15) is 89.5 Å². The van der Waals surface area contributed by atoms with Crippen LogP contribution in [0.5, 0.6) is 0 Å². The van der Waals surface area contributed by atoms with Crippen molar-refractivity contribution in [3.63, 3.8) is 0 Å². The van der Waals surface area contributed by atoms with Crippen molar-refractivity contribution in [2.45, 2.75) is 90.9 Å². The Balaban J connectivity index is 1.81. The van der Waals surface area contributed by atoms with E-state index in [9.17, 15) is 0 Å². The minimum Gasteiger partial charge on any atom is -0.385 e. The van der Waals surface area contributed by atoms with Gasteiger partial charge in [-0.1, -0.05) is 95.8 Å². The smallest absolute Gasteiger partial charge is 0.0369 e. The van der Waals surface area contributed by atoms with Crippen LogP contribution >= 0.6 is 0 Å². The zero-order chi connectivity index (χ0) is 15.9. The Morgan fingerprint density at radius 1 is 0.682 bits per heavy atom. The first-order chi connectivity index (χ1) is 10.8. The lowest BCUT2D eigenvalue weighted by Crippen LogP contribution is -2.02. The van der Waals surface area contributed by atoms with Crippen LogP contribution in [0.15, 0.2) is 24.3 Å². The van der Waals surface area contributed by atoms with Crippen molar-refractivity contribution in [2.75, 3.05) is 11.9 Å². The Kier molecular flexibility index (Phi) is 11.8. The third kappa shape index (κ3) is 9.87. The van der Waals surface area contributed by atoms with Gasteiger partial charge in [0.25, 0.3) is 0 Å². The van der Waals surface area contributed by atoms with Crippen molar-refractivity contribution >= 4 is 5.69 Å². The maximum atomic E-state index is 3.55. The Bertz CT molecular complexity index is 359. The maximum absolute atomic E-state index is 3.55. The first-order valence-corrected chi connectivity index (χ1v) is 9.64. The molecule has 0 atom stereocenters. The Hall–Kier alpha value is -0.980. The average molecular weight is 304 g/mol. The fourth-order valence-corrected chi connectivity index (χ4v) is 2.96. The van der Waals surface area contributed by atoms with Crippen LogP contribution in [0.25, 0.3) is 0 Å². The molecule has 1 heteroatoms. The van der Waals surface area contributed by atoms with Crippen molar-refractivity contribution in [1.82, 2.24) is 0 Å². The molecule has 0 spiro atoms. The molecule has 0 saturated carbocycles. The van der Waals surface area contributed by atoms with Gasteiger partial charge in [0.15, 0.2) is 0 Å². The topological polar surface area (TPSA) is 12.0 Å². The van der Waals surface area contributed by atoms with Crippen LogP contribution in [0.2, 0.25) is 0 Å². The number of anilines is 1. The van der Waals surface area contributed by atoms with Gasteiger partial charge in [0, 0.05) is 12.2 Å². The molecule has 1 N–H and O–H groups in total. The minimum absolute atomic E-state index is 1.11. The van der Waals surface area contributed by atoms with E-state index in [1.54, 1.807) is 0 Å². The molecule has 0 bridgehead atoms. The van der Waals surface area contributed by atoms with Crippen molar-refractivity contribution in [1.29, 1.82) is 0 Å². The summed E-state index contributed by atoms with van der Waals surface area (Å²) in [5.41, 5.74) is 2.65. The monoisotopic (exact) mass is 303 g/mol. The molecule has 0 amide bonds. The normalized spacial score (nSPS) is 10.8. The number of benzene rings is 1. The fraction of sp³-hybridized carbons (Fsp3) is 0.714. The van der Waals surface area contributed by atoms with E-state index in [2.05, 4.69) is 43.4 Å². The molecule has 0 heterocycles. The number of nitrogens with one attached hydrogen (secondary N) is 1. The van der Waals surface area contributed by atoms with E-state index in [4.69, 9.17) is 0 Å². The van der Waals surface area contributed by atoms with Crippen LogP contribution in [-0.4, -0.2) is 6.54 Å². The van der Waals surface area contributed by atoms with Gasteiger partial charge in [-0.15, -0.1) is 0 Å². The predicted octanol–water partition coefficient (Wildman–Crippen LogP) is 7.11. The lowest BCUT2D eigenvalue weighted by atomic mass is 10.1. The standard InChI is InChI=1S/C21H37N/c1-3-4-5-6-7-8-9-10-11-12-13-16-19-22-21-18-15-14-17-20(21)2/h14-15,17-18,22H,3-13,16,19H2,1-2H3. The van der Waals surface area contributed by atoms with Crippen molar-refractivity contribution in [3.05, 3.63) is 29.8 Å². The van der Waals surface area contributed by atoms with Gasteiger partial charge >= 0.3 is 0 Å². The number of hydrogen-bond acceptors (Lipinski definition) is 1. The molecule has 0 unspecified atom stereocenters. The van der Waals surface area contributed by atoms with Gasteiger partial charge < -0.3 is 5.32 Å². The summed E-state index contributed by atoms with van der Waals surface area (Å²) < 4.78 is 0. The molecular formula is C21H37N. The SMILES string of the molecule is CCCCCCCCCCCCCCNc1ccccc1C. The van der Waals surface area contributed by atoms with Crippen LogP contribution < -0.4 is 5.32 Å². The third-order valence-corrected chi connectivity index (χ3v) is 4.49. The van der Waals surface area contributed by atoms with E-state index in [1.165, 1.54) is 88.3 Å². The lowest BCUT2D eigenvalue weighted by molar-refractivity contribution is 0.546. The maximum Gasteiger partial charge on any atom is 0.0369 e. The summed E-state index contributed by atoms with van der Waals surface area (Å²) in [5, 5.41) is 3.55. The van der Waals surface area contributed by atoms with Gasteiger partial charge in [0.2, 0.25) is 0 Å². The molecule has 0 aromatic heterocycles. The van der Waals surface area contributed by atoms with Gasteiger partial charge in [-0.2, -0.15) is 0 Å². The quantitative estimate of drug-likeness (QED) is 0.361. The molecule has 1 rings (SSSR count). The number of para-hydroxylation sites is 1. The summed E-state index contributed by atoms with van der Waals surface area (Å²) in [6.07, 6.45) is 17.0. The Morgan fingerprint density at radius 3 is 1.73 bits per heavy atom. The molecule has 0 aliphatic heterocycles. The minimum atomic E-state index is 1.11. The molecule has 0 aliphatic rings. The van der Waals surface area contributed by atoms with Crippen LogP contribution in [0, 0.1) is 6.92 Å². The first-order valence-electron chi connectivity index (χ1n) is 9.64. The highest BCUT2D eigenvalue weighted by molar-refractivity contribution is 5.49. The van der Waals surface area contributed by atoms with E-state index in [1.807, 2.05) is 0 Å². The first kappa shape index (κ1) is 19.1. The number of rotatable bonds is 14. The molecule has 0 saturated heterocycles. The Morgan fingerprint density at radius 2 is 1.18 bits per heavy atom. The summed E-state index contributed by atoms with van der Waals surface area (Å²) in [6, 6.07) is 8.56. The van der Waals surface area contributed by atoms with Gasteiger partial charge in [-0.3, -0.25) is 0 Å². The lowest BCUT2D eigenvalue weighted by Gasteiger charge is -2.09. The summed E-state index contributed by atoms with van der Waals surface area (Å²) in [4.78, 5) is 0. The second kappa shape index (κ2) is 13.7. The molecule has 22 heavy (non-hydrogen) atoms. The van der Waals surface area contributed by atoms with Gasteiger partial charge in [0.05, 0.1) is 0 Å². The van der Waals surface area contributed by atoms with Crippen molar-refractivity contribution in [3.8, 4) is 0 Å². The fourth-order valence-electron chi connectivity index (χ4n) is 2.96. The third-order valence-electron chi connectivity index (χ3n) is 4.49. The van der Waals surface area contributed by atoms with Crippen molar-refractivity contribution in [2.24, 2.45) is 0 Å². The highest BCUT2D eigenvalue weighted by atomic mass is 14.9. The molecule has 1 nitrogen and oxygen atoms in total. The summed E-state index contributed by atoms with van der Waals surface area (Å²) in [7, 11) is 0. The van der Waals surface area contributed by atoms with Gasteiger partial charge in [-0.25, -0.2) is 0 Å². The number of aryl methyl sites for hydroxylation is 1. The molecule has 0 aliphatic carbocycles. The van der Waals surface area contributed by atoms with Crippen molar-refractivity contribution < 1.29 is 0 Å². The molecule has 126 valence electrons. The van der Waals surface area contributed by atoms with Crippen LogP contribution in [0.4, 0.5) is 5.69 Å². The highest BCUT2D eigenvalue weighted by Crippen LogP contribution is 2.14. The molecule has 1 aromatic rings. The number of hydrogen-bond donors (Lipinski definition) is 1. The second-order valence-electron chi connectivity index (χ2n) is 6.63. The number of unbranched alkanes of at least 4 members (excludes halogenated alkanes) is 11. The zero-order valence-corrected chi connectivity index (χ0v) is 15.0. The van der Waals surface area contributed by atoms with E-state index in [0.29, 0.717) is 0 Å². The van der Waals surface area contributed by atoms with Gasteiger partial charge in [0.1, 0.15) is 0 Å². The van der Waals surface area contributed by atoms with E-state index in [-0.39, 0.29) is 0 Å². The molecule has 0 radical (unpaired) electrons. The van der Waals surface area contributed by atoms with Crippen LogP contribution in [-0.2, 0) is 0 Å². The predicted molar refractivity (Wildman–Crippen MR) is 101 cm³/mol. The van der Waals surface area contributed by atoms with Gasteiger partial charge in [-0.05, 0) is 25.0 Å². The summed E-state index contributed by atoms with van der Waals surface area (Å²) in [6.45, 7) is 5.57. The average Bonchev–Trinajstić information content (AvgIpc) is 2.53. The summed E-state index contributed by atoms with van der Waals surface area (Å²) >= 11 is 0. The Labute approximate surface area is 138 Å². The largest absolute Gasteiger partial charge is 0.385 e. The van der Waals surface area contributed by atoms with E-state index < -0.39 is 0 Å². The van der Waals surface area contributed by atoms with E-state index >= 15 is 0 Å². The molecular weight excluding hydrogens is 266 g/mol. The van der Waals surface area contributed by atoms with E-state index in [0.717, 1.165) is 6.54 Å². The second-order valence-corrected chi connectivity index (χ2v) is 6.63. The molecule has 0 fully saturated rings. The van der Waals surface area contributed by atoms with Crippen LogP contribution in [0.3, 0.4) is 0 Å². The zero-order valence-electron chi connectivity index (χ0n) is 15.0. The highest BCUT2D eigenvalue weighted by Gasteiger charge is 1.96.